The Labute approximate surface area is 152 Å². The first-order valence-electron chi connectivity index (χ1n) is 7.63. The minimum absolute atomic E-state index is 0.181. The average Bonchev–Trinajstić information content (AvgIpc) is 2.52. The summed E-state index contributed by atoms with van der Waals surface area (Å²) < 4.78 is 26.6. The summed E-state index contributed by atoms with van der Waals surface area (Å²) in [4.78, 5) is 12.1. The van der Waals surface area contributed by atoms with Crippen LogP contribution in [0.25, 0.3) is 6.08 Å². The molecule has 0 bridgehead atoms. The second-order valence-electron chi connectivity index (χ2n) is 5.68. The van der Waals surface area contributed by atoms with Gasteiger partial charge >= 0.3 is 0 Å². The fraction of sp³-hybridized carbons (Fsp3) is 0.167. The smallest absolute Gasteiger partial charge is 0.248 e. The van der Waals surface area contributed by atoms with Gasteiger partial charge in [0.15, 0.2) is 0 Å². The van der Waals surface area contributed by atoms with Crippen molar-refractivity contribution in [3.8, 4) is 0 Å². The topological polar surface area (TPSA) is 75.3 Å². The molecule has 0 fully saturated rings. The maximum absolute atomic E-state index is 12.0. The van der Waals surface area contributed by atoms with E-state index in [1.54, 1.807) is 56.3 Å². The Morgan fingerprint density at radius 1 is 1.12 bits per heavy atom. The van der Waals surface area contributed by atoms with E-state index in [9.17, 15) is 13.2 Å². The summed E-state index contributed by atoms with van der Waals surface area (Å²) in [5.41, 5.74) is 1.31. The molecule has 1 amide bonds. The summed E-state index contributed by atoms with van der Waals surface area (Å²) in [5.74, 6) is -0.305. The van der Waals surface area contributed by atoms with Crippen LogP contribution in [0, 0.1) is 0 Å². The van der Waals surface area contributed by atoms with Crippen LogP contribution in [-0.2, 0) is 14.8 Å². The molecule has 0 unspecified atom stereocenters. The van der Waals surface area contributed by atoms with Crippen molar-refractivity contribution < 1.29 is 13.2 Å². The first-order valence-corrected chi connectivity index (χ1v) is 9.49. The Balaban J connectivity index is 2.03. The molecule has 0 radical (unpaired) electrons. The third-order valence-electron chi connectivity index (χ3n) is 3.10. The van der Waals surface area contributed by atoms with Gasteiger partial charge in [-0.2, -0.15) is 0 Å². The van der Waals surface area contributed by atoms with Crippen molar-refractivity contribution in [2.45, 2.75) is 24.8 Å². The third-order valence-corrected chi connectivity index (χ3v) is 5.01. The van der Waals surface area contributed by atoms with E-state index in [2.05, 4.69) is 10.0 Å². The maximum Gasteiger partial charge on any atom is 0.248 e. The highest BCUT2D eigenvalue weighted by Gasteiger charge is 2.14. The fourth-order valence-corrected chi connectivity index (χ4v) is 3.50. The van der Waals surface area contributed by atoms with Crippen LogP contribution >= 0.6 is 11.6 Å². The largest absolute Gasteiger partial charge is 0.322 e. The predicted octanol–water partition coefficient (Wildman–Crippen LogP) is 3.68. The van der Waals surface area contributed by atoms with Crippen LogP contribution in [0.4, 0.5) is 5.69 Å². The lowest BCUT2D eigenvalue weighted by Crippen LogP contribution is -2.30. The Morgan fingerprint density at radius 2 is 1.80 bits per heavy atom. The molecule has 0 spiro atoms. The van der Waals surface area contributed by atoms with Crippen molar-refractivity contribution >= 4 is 39.3 Å². The van der Waals surface area contributed by atoms with Crippen LogP contribution in [0.2, 0.25) is 5.02 Å². The molecular formula is C18H19ClN2O3S. The molecule has 2 rings (SSSR count). The lowest BCUT2D eigenvalue weighted by atomic mass is 10.2. The molecule has 2 aromatic rings. The number of hydrogen-bond donors (Lipinski definition) is 2. The predicted molar refractivity (Wildman–Crippen MR) is 101 cm³/mol. The number of nitrogens with one attached hydrogen (secondary N) is 2. The normalized spacial score (nSPS) is 11.8. The number of benzene rings is 2. The second kappa shape index (κ2) is 8.29. The van der Waals surface area contributed by atoms with Crippen LogP contribution in [0.3, 0.4) is 0 Å². The van der Waals surface area contributed by atoms with Crippen molar-refractivity contribution in [1.29, 1.82) is 0 Å². The van der Waals surface area contributed by atoms with Crippen molar-refractivity contribution in [3.05, 3.63) is 65.2 Å². The van der Waals surface area contributed by atoms with Crippen LogP contribution in [0.5, 0.6) is 0 Å². The second-order valence-corrected chi connectivity index (χ2v) is 7.83. The van der Waals surface area contributed by atoms with E-state index in [1.165, 1.54) is 18.2 Å². The van der Waals surface area contributed by atoms with Crippen LogP contribution in [-0.4, -0.2) is 20.4 Å². The number of sulfonamides is 1. The van der Waals surface area contributed by atoms with E-state index >= 15 is 0 Å². The molecule has 0 saturated carbocycles. The molecule has 25 heavy (non-hydrogen) atoms. The minimum atomic E-state index is -3.52. The third kappa shape index (κ3) is 6.01. The van der Waals surface area contributed by atoms with Gasteiger partial charge in [-0.1, -0.05) is 29.8 Å². The Morgan fingerprint density at radius 3 is 2.40 bits per heavy atom. The zero-order chi connectivity index (χ0) is 18.4. The van der Waals surface area contributed by atoms with Gasteiger partial charge in [0.1, 0.15) is 0 Å². The molecule has 0 saturated heterocycles. The quantitative estimate of drug-likeness (QED) is 0.753. The number of rotatable bonds is 6. The van der Waals surface area contributed by atoms with E-state index in [0.29, 0.717) is 16.3 Å². The number of anilines is 1. The van der Waals surface area contributed by atoms with Crippen LogP contribution in [0.15, 0.2) is 59.5 Å². The number of hydrogen-bond acceptors (Lipinski definition) is 3. The molecular weight excluding hydrogens is 360 g/mol. The molecule has 0 aliphatic heterocycles. The number of carbonyl (C=O) groups excluding carboxylic acids is 1. The number of carbonyl (C=O) groups is 1. The standard InChI is InChI=1S/C18H19ClN2O3S/c1-13(2)21-25(23,24)17-9-6-14(7-10-17)8-11-18(22)20-16-5-3-4-15(19)12-16/h3-13,21H,1-2H3,(H,20,22)/b11-8+. The van der Waals surface area contributed by atoms with E-state index in [1.807, 2.05) is 0 Å². The molecule has 7 heteroatoms. The van der Waals surface area contributed by atoms with Gasteiger partial charge in [0.2, 0.25) is 15.9 Å². The molecule has 0 aromatic heterocycles. The Bertz CT molecular complexity index is 875. The SMILES string of the molecule is CC(C)NS(=O)(=O)c1ccc(/C=C/C(=O)Nc2cccc(Cl)c2)cc1. The van der Waals surface area contributed by atoms with Gasteiger partial charge in [0.25, 0.3) is 0 Å². The minimum Gasteiger partial charge on any atom is -0.322 e. The van der Waals surface area contributed by atoms with Crippen molar-refractivity contribution in [2.24, 2.45) is 0 Å². The summed E-state index contributed by atoms with van der Waals surface area (Å²) >= 11 is 5.86. The van der Waals surface area contributed by atoms with E-state index in [4.69, 9.17) is 11.6 Å². The van der Waals surface area contributed by atoms with E-state index < -0.39 is 10.0 Å². The highest BCUT2D eigenvalue weighted by molar-refractivity contribution is 7.89. The summed E-state index contributed by atoms with van der Waals surface area (Å²) in [5, 5.41) is 3.23. The van der Waals surface area contributed by atoms with Crippen LogP contribution < -0.4 is 10.0 Å². The fourth-order valence-electron chi connectivity index (χ4n) is 2.06. The summed E-state index contributed by atoms with van der Waals surface area (Å²) in [6, 6.07) is 12.9. The first-order chi connectivity index (χ1) is 11.8. The van der Waals surface area contributed by atoms with Gasteiger partial charge in [0, 0.05) is 22.8 Å². The Hall–Kier alpha value is -2.15. The first kappa shape index (κ1) is 19.2. The molecule has 0 aliphatic rings. The van der Waals surface area contributed by atoms with Gasteiger partial charge in [-0.25, -0.2) is 13.1 Å². The molecule has 0 aliphatic carbocycles. The zero-order valence-electron chi connectivity index (χ0n) is 13.9. The monoisotopic (exact) mass is 378 g/mol. The molecule has 0 atom stereocenters. The highest BCUT2D eigenvalue weighted by atomic mass is 35.5. The van der Waals surface area contributed by atoms with E-state index in [0.717, 1.165) is 0 Å². The van der Waals surface area contributed by atoms with Crippen LogP contribution in [0.1, 0.15) is 19.4 Å². The molecule has 2 aromatic carbocycles. The number of amides is 1. The summed E-state index contributed by atoms with van der Waals surface area (Å²) in [6.07, 6.45) is 2.98. The number of halogens is 1. The molecule has 5 nitrogen and oxygen atoms in total. The molecule has 2 N–H and O–H groups in total. The van der Waals surface area contributed by atoms with Crippen molar-refractivity contribution in [1.82, 2.24) is 4.72 Å². The Kier molecular flexibility index (Phi) is 6.36. The molecule has 0 heterocycles. The van der Waals surface area contributed by atoms with Gasteiger partial charge in [-0.3, -0.25) is 4.79 Å². The highest BCUT2D eigenvalue weighted by Crippen LogP contribution is 2.15. The summed E-state index contributed by atoms with van der Waals surface area (Å²) in [7, 11) is -3.52. The van der Waals surface area contributed by atoms with E-state index in [-0.39, 0.29) is 16.8 Å². The average molecular weight is 379 g/mol. The summed E-state index contributed by atoms with van der Waals surface area (Å²) in [6.45, 7) is 3.51. The molecule has 132 valence electrons. The zero-order valence-corrected chi connectivity index (χ0v) is 15.4. The van der Waals surface area contributed by atoms with Crippen molar-refractivity contribution in [3.63, 3.8) is 0 Å². The maximum atomic E-state index is 12.0. The van der Waals surface area contributed by atoms with Gasteiger partial charge < -0.3 is 5.32 Å². The lowest BCUT2D eigenvalue weighted by molar-refractivity contribution is -0.111. The van der Waals surface area contributed by atoms with Gasteiger partial charge in [0.05, 0.1) is 4.90 Å². The lowest BCUT2D eigenvalue weighted by Gasteiger charge is -2.09. The van der Waals surface area contributed by atoms with Gasteiger partial charge in [-0.15, -0.1) is 0 Å². The van der Waals surface area contributed by atoms with Crippen molar-refractivity contribution in [2.75, 3.05) is 5.32 Å². The van der Waals surface area contributed by atoms with Gasteiger partial charge in [-0.05, 0) is 55.8 Å².